The first-order chi connectivity index (χ1) is 13.8. The van der Waals surface area contributed by atoms with Crippen molar-refractivity contribution in [3.8, 4) is 0 Å². The molecule has 2 heterocycles. The van der Waals surface area contributed by atoms with Crippen LogP contribution >= 0.6 is 23.5 Å². The molecule has 178 valence electrons. The Morgan fingerprint density at radius 2 is 1.81 bits per heavy atom. The van der Waals surface area contributed by atoms with E-state index in [4.69, 9.17) is 19.4 Å². The first kappa shape index (κ1) is 26.3. The molecule has 6 atom stereocenters. The minimum absolute atomic E-state index is 0.196. The van der Waals surface area contributed by atoms with Crippen LogP contribution in [0.15, 0.2) is 36.4 Å². The molecule has 1 fully saturated rings. The topological polar surface area (TPSA) is 205 Å². The summed E-state index contributed by atoms with van der Waals surface area (Å²) in [5.41, 5.74) is -1.02. The number of nitrogens with zero attached hydrogens (tertiary/aromatic N) is 1. The number of phosphoric acid groups is 3. The van der Waals surface area contributed by atoms with Crippen molar-refractivity contribution < 1.29 is 60.6 Å². The zero-order valence-corrected chi connectivity index (χ0v) is 18.9. The van der Waals surface area contributed by atoms with Gasteiger partial charge in [0.1, 0.15) is 17.5 Å². The SMILES string of the molecule is C=C1NC(=C)N([C@@H]2O[C@H](COP(=O)(O)OP(=O)(O)OP(=O)(O)O)[C@H](F)C2(C)O)C=C1C. The van der Waals surface area contributed by atoms with Crippen molar-refractivity contribution in [3.63, 3.8) is 0 Å². The third kappa shape index (κ3) is 6.55. The second-order valence-corrected chi connectivity index (χ2v) is 11.2. The third-order valence-corrected chi connectivity index (χ3v) is 7.98. The highest BCUT2D eigenvalue weighted by atomic mass is 31.3. The predicted molar refractivity (Wildman–Crippen MR) is 101 cm³/mol. The number of phosphoric ester groups is 1. The van der Waals surface area contributed by atoms with Gasteiger partial charge in [-0.05, 0) is 19.4 Å². The lowest BCUT2D eigenvalue weighted by Crippen LogP contribution is -2.52. The summed E-state index contributed by atoms with van der Waals surface area (Å²) in [5.74, 6) is 0.196. The van der Waals surface area contributed by atoms with E-state index in [2.05, 4.69) is 31.6 Å². The van der Waals surface area contributed by atoms with E-state index in [1.165, 1.54) is 11.1 Å². The molecule has 0 aromatic heterocycles. The molecule has 0 bridgehead atoms. The zero-order valence-electron chi connectivity index (χ0n) is 16.2. The van der Waals surface area contributed by atoms with Crippen LogP contribution in [-0.2, 0) is 31.6 Å². The van der Waals surface area contributed by atoms with E-state index < -0.39 is 54.2 Å². The van der Waals surface area contributed by atoms with Gasteiger partial charge in [-0.25, -0.2) is 18.1 Å². The number of rotatable bonds is 8. The molecule has 0 saturated carbocycles. The van der Waals surface area contributed by atoms with E-state index in [0.29, 0.717) is 11.3 Å². The Balaban J connectivity index is 2.10. The molecule has 1 saturated heterocycles. The largest absolute Gasteiger partial charge is 0.490 e. The number of hydrogen-bond acceptors (Lipinski definition) is 10. The molecule has 0 aromatic carbocycles. The molecular weight excluding hydrogens is 488 g/mol. The average Bonchev–Trinajstić information content (AvgIpc) is 2.76. The maximum Gasteiger partial charge on any atom is 0.490 e. The fourth-order valence-electron chi connectivity index (χ4n) is 2.74. The quantitative estimate of drug-likeness (QED) is 0.252. The maximum absolute atomic E-state index is 14.8. The van der Waals surface area contributed by atoms with Crippen LogP contribution in [-0.4, -0.2) is 60.3 Å². The Kier molecular flexibility index (Phi) is 7.46. The van der Waals surface area contributed by atoms with Gasteiger partial charge in [0, 0.05) is 11.9 Å². The lowest BCUT2D eigenvalue weighted by Gasteiger charge is -2.38. The van der Waals surface area contributed by atoms with Crippen molar-refractivity contribution >= 4 is 23.5 Å². The number of aliphatic hydroxyl groups is 1. The highest BCUT2D eigenvalue weighted by Crippen LogP contribution is 2.66. The number of hydrogen-bond donors (Lipinski definition) is 6. The molecule has 14 nitrogen and oxygen atoms in total. The van der Waals surface area contributed by atoms with Crippen LogP contribution in [0.1, 0.15) is 13.8 Å². The fourth-order valence-corrected chi connectivity index (χ4v) is 5.77. The molecule has 2 aliphatic rings. The number of halogens is 1. The molecule has 6 N–H and O–H groups in total. The Hall–Kier alpha value is -0.920. The summed E-state index contributed by atoms with van der Waals surface area (Å²) in [6, 6.07) is 0. The van der Waals surface area contributed by atoms with Crippen molar-refractivity contribution in [2.75, 3.05) is 6.61 Å². The summed E-state index contributed by atoms with van der Waals surface area (Å²) >= 11 is 0. The normalized spacial score (nSPS) is 33.5. The number of ether oxygens (including phenoxy) is 1. The molecule has 31 heavy (non-hydrogen) atoms. The van der Waals surface area contributed by atoms with Crippen LogP contribution in [0.3, 0.4) is 0 Å². The smallest absolute Gasteiger partial charge is 0.382 e. The van der Waals surface area contributed by atoms with Gasteiger partial charge in [0.2, 0.25) is 0 Å². The van der Waals surface area contributed by atoms with Crippen molar-refractivity contribution in [1.29, 1.82) is 0 Å². The van der Waals surface area contributed by atoms with E-state index in [9.17, 15) is 28.1 Å². The Morgan fingerprint density at radius 1 is 1.23 bits per heavy atom. The van der Waals surface area contributed by atoms with Crippen molar-refractivity contribution in [2.45, 2.75) is 38.0 Å². The Labute approximate surface area is 176 Å². The minimum atomic E-state index is -5.72. The molecule has 0 spiro atoms. The summed E-state index contributed by atoms with van der Waals surface area (Å²) in [7, 11) is -16.8. The number of alkyl halides is 1. The van der Waals surface area contributed by atoms with Crippen LogP contribution in [0.2, 0.25) is 0 Å². The monoisotopic (exact) mass is 510 g/mol. The van der Waals surface area contributed by atoms with Crippen molar-refractivity contribution in [3.05, 3.63) is 36.4 Å². The van der Waals surface area contributed by atoms with Gasteiger partial charge < -0.3 is 39.6 Å². The van der Waals surface area contributed by atoms with Gasteiger partial charge in [-0.2, -0.15) is 8.62 Å². The van der Waals surface area contributed by atoms with Crippen LogP contribution < -0.4 is 5.32 Å². The summed E-state index contributed by atoms with van der Waals surface area (Å²) < 4.78 is 65.5. The number of allylic oxidation sites excluding steroid dienone is 1. The minimum Gasteiger partial charge on any atom is -0.382 e. The molecule has 3 unspecified atom stereocenters. The highest BCUT2D eigenvalue weighted by Gasteiger charge is 2.56. The lowest BCUT2D eigenvalue weighted by molar-refractivity contribution is -0.108. The van der Waals surface area contributed by atoms with Gasteiger partial charge in [-0.3, -0.25) is 4.52 Å². The summed E-state index contributed by atoms with van der Waals surface area (Å²) in [5, 5.41) is 13.4. The molecule has 0 amide bonds. The Morgan fingerprint density at radius 3 is 2.35 bits per heavy atom. The Bertz CT molecular complexity index is 933. The van der Waals surface area contributed by atoms with Gasteiger partial charge >= 0.3 is 23.5 Å². The second kappa shape index (κ2) is 8.79. The van der Waals surface area contributed by atoms with Crippen LogP contribution in [0.25, 0.3) is 0 Å². The molecule has 18 heteroatoms. The predicted octanol–water partition coefficient (Wildman–Crippen LogP) is 0.938. The van der Waals surface area contributed by atoms with E-state index in [1.54, 1.807) is 6.92 Å². The van der Waals surface area contributed by atoms with E-state index in [-0.39, 0.29) is 5.82 Å². The second-order valence-electron chi connectivity index (χ2n) is 6.81. The van der Waals surface area contributed by atoms with Crippen molar-refractivity contribution in [1.82, 2.24) is 10.2 Å². The fraction of sp³-hybridized carbons (Fsp3) is 0.538. The van der Waals surface area contributed by atoms with Gasteiger partial charge in [-0.1, -0.05) is 13.2 Å². The zero-order chi connectivity index (χ0) is 24.0. The molecule has 0 radical (unpaired) electrons. The standard InChI is InChI=1S/C13H22FN2O12P3/c1-7-5-16(9(3)15-8(7)2)12-13(4,17)11(14)10(26-12)6-25-30(21,22)28-31(23,24)27-29(18,19)20/h5,10-12,15,17H,2-3,6H2,1,4H3,(H,21,22)(H,23,24)(H2,18,19,20)/t10-,11+,12-,13?/m1/s1. The molecule has 2 aliphatic heterocycles. The summed E-state index contributed by atoms with van der Waals surface area (Å²) in [4.78, 5) is 36.9. The lowest BCUT2D eigenvalue weighted by atomic mass is 9.97. The summed E-state index contributed by atoms with van der Waals surface area (Å²) in [6.45, 7) is 9.19. The van der Waals surface area contributed by atoms with Crippen molar-refractivity contribution in [2.24, 2.45) is 0 Å². The first-order valence-electron chi connectivity index (χ1n) is 8.27. The molecular formula is C13H22FN2O12P3. The highest BCUT2D eigenvalue weighted by molar-refractivity contribution is 7.66. The molecule has 0 aromatic rings. The molecule has 0 aliphatic carbocycles. The van der Waals surface area contributed by atoms with Gasteiger partial charge in [0.15, 0.2) is 12.4 Å². The maximum atomic E-state index is 14.8. The van der Waals surface area contributed by atoms with Gasteiger partial charge in [-0.15, -0.1) is 0 Å². The van der Waals surface area contributed by atoms with E-state index in [0.717, 1.165) is 6.92 Å². The van der Waals surface area contributed by atoms with E-state index >= 15 is 0 Å². The van der Waals surface area contributed by atoms with Gasteiger partial charge in [0.05, 0.1) is 6.61 Å². The number of nitrogens with one attached hydrogen (secondary N) is 1. The molecule has 2 rings (SSSR count). The third-order valence-electron chi connectivity index (χ3n) is 4.17. The van der Waals surface area contributed by atoms with Crippen LogP contribution in [0, 0.1) is 0 Å². The summed E-state index contributed by atoms with van der Waals surface area (Å²) in [6.07, 6.45) is -3.70. The van der Waals surface area contributed by atoms with Gasteiger partial charge in [0.25, 0.3) is 0 Å². The first-order valence-corrected chi connectivity index (χ1v) is 12.8. The van der Waals surface area contributed by atoms with Crippen LogP contribution in [0.4, 0.5) is 4.39 Å². The average molecular weight is 510 g/mol. The van der Waals surface area contributed by atoms with E-state index in [1.807, 2.05) is 0 Å². The van der Waals surface area contributed by atoms with Crippen LogP contribution in [0.5, 0.6) is 0 Å².